The molecule has 3 rings (SSSR count). The zero-order valence-corrected chi connectivity index (χ0v) is 14.3. The average Bonchev–Trinajstić information content (AvgIpc) is 2.86. The summed E-state index contributed by atoms with van der Waals surface area (Å²) in [4.78, 5) is 37.6. The fourth-order valence-electron chi connectivity index (χ4n) is 2.79. The van der Waals surface area contributed by atoms with Gasteiger partial charge in [0.2, 0.25) is 5.91 Å². The van der Waals surface area contributed by atoms with E-state index in [1.165, 1.54) is 0 Å². The van der Waals surface area contributed by atoms with E-state index in [-0.39, 0.29) is 29.5 Å². The van der Waals surface area contributed by atoms with Gasteiger partial charge < -0.3 is 5.32 Å². The molecule has 3 amide bonds. The van der Waals surface area contributed by atoms with E-state index < -0.39 is 11.8 Å². The number of imide groups is 1. The van der Waals surface area contributed by atoms with Gasteiger partial charge in [-0.05, 0) is 24.1 Å². The molecule has 0 fully saturated rings. The third-order valence-electron chi connectivity index (χ3n) is 4.09. The molecule has 1 N–H and O–H groups in total. The van der Waals surface area contributed by atoms with Crippen LogP contribution in [0.15, 0.2) is 48.5 Å². The van der Waals surface area contributed by atoms with Gasteiger partial charge in [-0.25, -0.2) is 0 Å². The predicted molar refractivity (Wildman–Crippen MR) is 94.6 cm³/mol. The lowest BCUT2D eigenvalue weighted by Gasteiger charge is -2.13. The van der Waals surface area contributed by atoms with E-state index in [2.05, 4.69) is 5.32 Å². The van der Waals surface area contributed by atoms with E-state index in [4.69, 9.17) is 11.6 Å². The minimum absolute atomic E-state index is 0.0415. The van der Waals surface area contributed by atoms with Crippen molar-refractivity contribution < 1.29 is 14.4 Å². The van der Waals surface area contributed by atoms with Crippen molar-refractivity contribution in [2.45, 2.75) is 12.8 Å². The summed E-state index contributed by atoms with van der Waals surface area (Å²) in [5, 5.41) is 3.06. The van der Waals surface area contributed by atoms with Crippen LogP contribution < -0.4 is 5.32 Å². The Labute approximate surface area is 150 Å². The second-order valence-electron chi connectivity index (χ2n) is 5.76. The molecule has 0 bridgehead atoms. The smallest absolute Gasteiger partial charge is 0.263 e. The van der Waals surface area contributed by atoms with Gasteiger partial charge in [0.1, 0.15) is 0 Å². The van der Waals surface area contributed by atoms with Gasteiger partial charge in [0.25, 0.3) is 11.8 Å². The molecule has 6 heteroatoms. The molecule has 128 valence electrons. The first-order valence-electron chi connectivity index (χ1n) is 8.03. The quantitative estimate of drug-likeness (QED) is 0.809. The molecular weight excluding hydrogens is 340 g/mol. The van der Waals surface area contributed by atoms with Gasteiger partial charge in [0.15, 0.2) is 0 Å². The van der Waals surface area contributed by atoms with Crippen LogP contribution in [0.4, 0.5) is 0 Å². The van der Waals surface area contributed by atoms with Gasteiger partial charge in [0, 0.05) is 19.5 Å². The van der Waals surface area contributed by atoms with Crippen molar-refractivity contribution in [2.24, 2.45) is 0 Å². The van der Waals surface area contributed by atoms with Gasteiger partial charge >= 0.3 is 0 Å². The van der Waals surface area contributed by atoms with Crippen LogP contribution in [0.25, 0.3) is 0 Å². The first kappa shape index (κ1) is 17.2. The maximum Gasteiger partial charge on any atom is 0.263 e. The van der Waals surface area contributed by atoms with E-state index in [9.17, 15) is 14.4 Å². The van der Waals surface area contributed by atoms with Gasteiger partial charge in [-0.3, -0.25) is 19.3 Å². The Morgan fingerprint density at radius 1 is 1.00 bits per heavy atom. The number of carbonyl (C=O) groups is 3. The Morgan fingerprint density at radius 2 is 1.76 bits per heavy atom. The summed E-state index contributed by atoms with van der Waals surface area (Å²) >= 11 is 6.01. The lowest BCUT2D eigenvalue weighted by molar-refractivity contribution is -0.121. The number of fused-ring (bicyclic) bond motifs is 1. The normalized spacial score (nSPS) is 13.1. The monoisotopic (exact) mass is 356 g/mol. The highest BCUT2D eigenvalue weighted by molar-refractivity contribution is 6.37. The van der Waals surface area contributed by atoms with Crippen LogP contribution in [-0.2, 0) is 11.2 Å². The van der Waals surface area contributed by atoms with Crippen molar-refractivity contribution in [3.63, 3.8) is 0 Å². The largest absolute Gasteiger partial charge is 0.356 e. The minimum atomic E-state index is -0.442. The van der Waals surface area contributed by atoms with Gasteiger partial charge in [-0.1, -0.05) is 48.0 Å². The number of benzene rings is 2. The second-order valence-corrected chi connectivity index (χ2v) is 6.17. The third kappa shape index (κ3) is 3.72. The first-order chi connectivity index (χ1) is 12.1. The number of halogens is 1. The van der Waals surface area contributed by atoms with E-state index >= 15 is 0 Å². The van der Waals surface area contributed by atoms with E-state index in [0.717, 1.165) is 16.9 Å². The molecule has 0 unspecified atom stereocenters. The molecule has 2 aromatic rings. The topological polar surface area (TPSA) is 66.5 Å². The molecule has 0 atom stereocenters. The highest BCUT2D eigenvalue weighted by Crippen LogP contribution is 2.28. The second kappa shape index (κ2) is 7.49. The maximum absolute atomic E-state index is 12.3. The van der Waals surface area contributed by atoms with Crippen molar-refractivity contribution in [1.82, 2.24) is 10.2 Å². The summed E-state index contributed by atoms with van der Waals surface area (Å²) in [5.74, 6) is -1.04. The maximum atomic E-state index is 12.3. The number of rotatable bonds is 6. The molecule has 0 saturated carbocycles. The van der Waals surface area contributed by atoms with E-state index in [0.29, 0.717) is 12.1 Å². The fraction of sp³-hybridized carbons (Fsp3) is 0.211. The third-order valence-corrected chi connectivity index (χ3v) is 4.40. The summed E-state index contributed by atoms with van der Waals surface area (Å²) in [6.07, 6.45) is 0.799. The minimum Gasteiger partial charge on any atom is -0.356 e. The SMILES string of the molecule is O=C(CCN1C(=O)c2cccc(Cl)c2C1=O)NCCc1ccccc1. The van der Waals surface area contributed by atoms with Crippen LogP contribution in [0.5, 0.6) is 0 Å². The average molecular weight is 357 g/mol. The Kier molecular flexibility index (Phi) is 5.14. The van der Waals surface area contributed by atoms with Crippen LogP contribution in [0.3, 0.4) is 0 Å². The molecule has 5 nitrogen and oxygen atoms in total. The molecule has 0 saturated heterocycles. The van der Waals surface area contributed by atoms with E-state index in [1.54, 1.807) is 18.2 Å². The van der Waals surface area contributed by atoms with E-state index in [1.807, 2.05) is 30.3 Å². The fourth-order valence-corrected chi connectivity index (χ4v) is 3.04. The molecule has 0 radical (unpaired) electrons. The molecule has 1 aliphatic rings. The molecule has 0 spiro atoms. The van der Waals surface area contributed by atoms with Crippen molar-refractivity contribution in [2.75, 3.05) is 13.1 Å². The lowest BCUT2D eigenvalue weighted by atomic mass is 10.1. The molecule has 1 aliphatic heterocycles. The van der Waals surface area contributed by atoms with Crippen molar-refractivity contribution in [1.29, 1.82) is 0 Å². The molecule has 2 aromatic carbocycles. The predicted octanol–water partition coefficient (Wildman–Crippen LogP) is 2.69. The number of nitrogens with zero attached hydrogens (tertiary/aromatic N) is 1. The molecular formula is C19H17ClN2O3. The van der Waals surface area contributed by atoms with Crippen LogP contribution in [0, 0.1) is 0 Å². The number of nitrogens with one attached hydrogen (secondary N) is 1. The number of hydrogen-bond acceptors (Lipinski definition) is 3. The number of hydrogen-bond donors (Lipinski definition) is 1. The summed E-state index contributed by atoms with van der Waals surface area (Å²) in [7, 11) is 0. The molecule has 0 aromatic heterocycles. The molecule has 1 heterocycles. The summed E-state index contributed by atoms with van der Waals surface area (Å²) in [6, 6.07) is 14.6. The Bertz CT molecular complexity index is 821. The van der Waals surface area contributed by atoms with Crippen molar-refractivity contribution in [3.05, 3.63) is 70.2 Å². The van der Waals surface area contributed by atoms with Gasteiger partial charge in [-0.15, -0.1) is 0 Å². The van der Waals surface area contributed by atoms with Crippen LogP contribution in [0.2, 0.25) is 5.02 Å². The van der Waals surface area contributed by atoms with Crippen LogP contribution >= 0.6 is 11.6 Å². The highest BCUT2D eigenvalue weighted by atomic mass is 35.5. The Hall–Kier alpha value is -2.66. The summed E-state index contributed by atoms with van der Waals surface area (Å²) in [5.41, 5.74) is 1.65. The zero-order chi connectivity index (χ0) is 17.8. The van der Waals surface area contributed by atoms with Crippen LogP contribution in [0.1, 0.15) is 32.7 Å². The lowest BCUT2D eigenvalue weighted by Crippen LogP contribution is -2.35. The standard InChI is InChI=1S/C19H17ClN2O3/c20-15-8-4-7-14-17(15)19(25)22(18(14)24)12-10-16(23)21-11-9-13-5-2-1-3-6-13/h1-8H,9-12H2,(H,21,23). The number of amides is 3. The Balaban J connectivity index is 1.50. The molecule has 25 heavy (non-hydrogen) atoms. The van der Waals surface area contributed by atoms with Crippen molar-refractivity contribution >= 4 is 29.3 Å². The zero-order valence-electron chi connectivity index (χ0n) is 13.5. The molecule has 0 aliphatic carbocycles. The first-order valence-corrected chi connectivity index (χ1v) is 8.41. The summed E-state index contributed by atoms with van der Waals surface area (Å²) in [6.45, 7) is 0.552. The number of carbonyl (C=O) groups excluding carboxylic acids is 3. The van der Waals surface area contributed by atoms with Gasteiger partial charge in [0.05, 0.1) is 16.1 Å². The van der Waals surface area contributed by atoms with Gasteiger partial charge in [-0.2, -0.15) is 0 Å². The summed E-state index contributed by atoms with van der Waals surface area (Å²) < 4.78 is 0. The Morgan fingerprint density at radius 3 is 2.48 bits per heavy atom. The van der Waals surface area contributed by atoms with Crippen LogP contribution in [-0.4, -0.2) is 35.7 Å². The highest BCUT2D eigenvalue weighted by Gasteiger charge is 2.36. The van der Waals surface area contributed by atoms with Crippen molar-refractivity contribution in [3.8, 4) is 0 Å².